The highest BCUT2D eigenvalue weighted by Crippen LogP contribution is 2.44. The highest BCUT2D eigenvalue weighted by Gasteiger charge is 2.29. The first-order chi connectivity index (χ1) is 17.6. The van der Waals surface area contributed by atoms with Gasteiger partial charge in [-0.05, 0) is 61.0 Å². The number of aromatic nitrogens is 4. The molecule has 36 heavy (non-hydrogen) atoms. The van der Waals surface area contributed by atoms with Crippen molar-refractivity contribution in [2.75, 3.05) is 19.7 Å². The van der Waals surface area contributed by atoms with E-state index in [1.54, 1.807) is 0 Å². The van der Waals surface area contributed by atoms with Crippen LogP contribution in [-0.4, -0.2) is 63.3 Å². The molecule has 1 aliphatic rings. The van der Waals surface area contributed by atoms with E-state index in [-0.39, 0.29) is 12.5 Å². The van der Waals surface area contributed by atoms with Gasteiger partial charge in [-0.1, -0.05) is 48.5 Å². The van der Waals surface area contributed by atoms with Crippen LogP contribution in [-0.2, 0) is 16.0 Å². The maximum absolute atomic E-state index is 12.4. The van der Waals surface area contributed by atoms with E-state index >= 15 is 0 Å². The number of rotatable bonds is 13. The van der Waals surface area contributed by atoms with Crippen LogP contribution in [0.3, 0.4) is 0 Å². The summed E-state index contributed by atoms with van der Waals surface area (Å²) in [6.45, 7) is 1.69. The molecule has 1 unspecified atom stereocenters. The summed E-state index contributed by atoms with van der Waals surface area (Å²) in [7, 11) is 0. The van der Waals surface area contributed by atoms with Crippen molar-refractivity contribution >= 4 is 12.1 Å². The van der Waals surface area contributed by atoms with Gasteiger partial charge in [0.1, 0.15) is 12.6 Å². The van der Waals surface area contributed by atoms with Crippen LogP contribution in [0.15, 0.2) is 54.9 Å². The number of alkyl carbamates (subject to hydrolysis) is 1. The number of aryl methyl sites for hydroxylation is 1. The van der Waals surface area contributed by atoms with Gasteiger partial charge in [-0.25, -0.2) is 9.59 Å². The van der Waals surface area contributed by atoms with E-state index in [9.17, 15) is 14.7 Å². The molecule has 1 aliphatic carbocycles. The van der Waals surface area contributed by atoms with E-state index in [0.717, 1.165) is 48.2 Å². The van der Waals surface area contributed by atoms with E-state index in [4.69, 9.17) is 4.74 Å². The zero-order valence-corrected chi connectivity index (χ0v) is 20.0. The fraction of sp³-hybridized carbons (Fsp3) is 0.385. The van der Waals surface area contributed by atoms with Crippen molar-refractivity contribution < 1.29 is 19.4 Å². The third kappa shape index (κ3) is 6.60. The Hall–Kier alpha value is -3.92. The zero-order chi connectivity index (χ0) is 25.2. The number of carboxylic acids is 1. The van der Waals surface area contributed by atoms with Crippen molar-refractivity contribution in [3.05, 3.63) is 71.8 Å². The van der Waals surface area contributed by atoms with Gasteiger partial charge in [-0.15, -0.1) is 20.4 Å². The lowest BCUT2D eigenvalue weighted by Crippen LogP contribution is -2.41. The molecule has 1 atom stereocenters. The molecule has 0 aliphatic heterocycles. The molecule has 3 N–H and O–H groups in total. The maximum atomic E-state index is 12.4. The monoisotopic (exact) mass is 490 g/mol. The van der Waals surface area contributed by atoms with Crippen molar-refractivity contribution in [2.45, 2.75) is 44.1 Å². The molecule has 0 fully saturated rings. The third-order valence-electron chi connectivity index (χ3n) is 6.23. The van der Waals surface area contributed by atoms with Gasteiger partial charge >= 0.3 is 12.1 Å². The average Bonchev–Trinajstić information content (AvgIpc) is 3.22. The molecule has 0 spiro atoms. The molecule has 1 amide bonds. The number of unbranched alkanes of at least 4 members (excludes halogenated alkanes) is 1. The Bertz CT molecular complexity index is 1110. The van der Waals surface area contributed by atoms with Gasteiger partial charge in [0.25, 0.3) is 0 Å². The molecular weight excluding hydrogens is 460 g/mol. The van der Waals surface area contributed by atoms with Crippen LogP contribution in [0.25, 0.3) is 11.1 Å². The predicted molar refractivity (Wildman–Crippen MR) is 132 cm³/mol. The lowest BCUT2D eigenvalue weighted by atomic mass is 9.98. The smallest absolute Gasteiger partial charge is 0.407 e. The standard InChI is InChI=1S/C26H30N6O4/c33-25(34)23(12-5-6-14-27-15-7-13-24-31-28-17-29-32-24)30-26(35)36-16-22-20-10-3-1-8-18(20)19-9-2-4-11-21(19)22/h1-4,8-11,17,22-23,27H,5-7,12-16H2,(H,30,35)(H,33,34). The lowest BCUT2D eigenvalue weighted by Gasteiger charge is -2.17. The van der Waals surface area contributed by atoms with Crippen LogP contribution >= 0.6 is 0 Å². The van der Waals surface area contributed by atoms with Gasteiger partial charge in [-0.2, -0.15) is 0 Å². The van der Waals surface area contributed by atoms with Crippen molar-refractivity contribution in [3.8, 4) is 11.1 Å². The molecule has 1 aromatic heterocycles. The first kappa shape index (κ1) is 25.2. The number of carboxylic acid groups (broad SMARTS) is 1. The number of amides is 1. The molecule has 10 heteroatoms. The second-order valence-corrected chi connectivity index (χ2v) is 8.67. The van der Waals surface area contributed by atoms with E-state index in [1.807, 2.05) is 36.4 Å². The Morgan fingerprint density at radius 2 is 1.56 bits per heavy atom. The molecule has 10 nitrogen and oxygen atoms in total. The minimum absolute atomic E-state index is 0.0709. The second-order valence-electron chi connectivity index (χ2n) is 8.67. The summed E-state index contributed by atoms with van der Waals surface area (Å²) in [5, 5.41) is 30.5. The van der Waals surface area contributed by atoms with Crippen LogP contribution in [0, 0.1) is 0 Å². The number of carbonyl (C=O) groups excluding carboxylic acids is 1. The largest absolute Gasteiger partial charge is 0.480 e. The summed E-state index contributed by atoms with van der Waals surface area (Å²) in [4.78, 5) is 24.1. The molecule has 4 rings (SSSR count). The van der Waals surface area contributed by atoms with E-state index in [2.05, 4.69) is 43.2 Å². The molecule has 188 valence electrons. The first-order valence-corrected chi connectivity index (χ1v) is 12.2. The normalized spacial score (nSPS) is 13.0. The van der Waals surface area contributed by atoms with Crippen molar-refractivity contribution in [2.24, 2.45) is 0 Å². The van der Waals surface area contributed by atoms with Gasteiger partial charge in [0, 0.05) is 12.3 Å². The van der Waals surface area contributed by atoms with Crippen LogP contribution in [0.5, 0.6) is 0 Å². The number of hydrogen-bond donors (Lipinski definition) is 3. The highest BCUT2D eigenvalue weighted by atomic mass is 16.5. The molecule has 0 saturated heterocycles. The Kier molecular flexibility index (Phi) is 8.87. The first-order valence-electron chi connectivity index (χ1n) is 12.2. The number of carbonyl (C=O) groups is 2. The summed E-state index contributed by atoms with van der Waals surface area (Å²) < 4.78 is 5.48. The Morgan fingerprint density at radius 3 is 2.22 bits per heavy atom. The van der Waals surface area contributed by atoms with Crippen molar-refractivity contribution in [3.63, 3.8) is 0 Å². The Balaban J connectivity index is 1.16. The van der Waals surface area contributed by atoms with Gasteiger partial charge in [0.05, 0.1) is 0 Å². The number of ether oxygens (including phenoxy) is 1. The fourth-order valence-corrected chi connectivity index (χ4v) is 4.46. The van der Waals surface area contributed by atoms with E-state index < -0.39 is 18.1 Å². The minimum Gasteiger partial charge on any atom is -0.480 e. The number of aliphatic carboxylic acids is 1. The molecule has 2 aromatic carbocycles. The number of hydrogen-bond acceptors (Lipinski definition) is 8. The van der Waals surface area contributed by atoms with E-state index in [1.165, 1.54) is 6.33 Å². The van der Waals surface area contributed by atoms with Crippen molar-refractivity contribution in [1.29, 1.82) is 0 Å². The molecule has 3 aromatic rings. The minimum atomic E-state index is -1.07. The van der Waals surface area contributed by atoms with Crippen LogP contribution in [0.1, 0.15) is 48.6 Å². The van der Waals surface area contributed by atoms with Gasteiger partial charge in [0.15, 0.2) is 12.2 Å². The zero-order valence-electron chi connectivity index (χ0n) is 20.0. The average molecular weight is 491 g/mol. The number of benzene rings is 2. The molecule has 0 saturated carbocycles. The van der Waals surface area contributed by atoms with Crippen LogP contribution in [0.2, 0.25) is 0 Å². The van der Waals surface area contributed by atoms with Crippen LogP contribution < -0.4 is 10.6 Å². The Labute approximate surface area is 209 Å². The maximum Gasteiger partial charge on any atom is 0.407 e. The summed E-state index contributed by atoms with van der Waals surface area (Å²) in [5.41, 5.74) is 4.50. The second kappa shape index (κ2) is 12.7. The molecule has 1 heterocycles. The number of fused-ring (bicyclic) bond motifs is 3. The fourth-order valence-electron chi connectivity index (χ4n) is 4.46. The summed E-state index contributed by atoms with van der Waals surface area (Å²) in [5.74, 6) is -0.525. The summed E-state index contributed by atoms with van der Waals surface area (Å²) in [6, 6.07) is 15.2. The third-order valence-corrected chi connectivity index (χ3v) is 6.23. The lowest BCUT2D eigenvalue weighted by molar-refractivity contribution is -0.139. The molecule has 0 bridgehead atoms. The molecular formula is C26H30N6O4. The summed E-state index contributed by atoms with van der Waals surface area (Å²) >= 11 is 0. The molecule has 0 radical (unpaired) electrons. The number of nitrogens with one attached hydrogen (secondary N) is 2. The number of nitrogens with zero attached hydrogens (tertiary/aromatic N) is 4. The van der Waals surface area contributed by atoms with Gasteiger partial charge in [-0.3, -0.25) is 0 Å². The van der Waals surface area contributed by atoms with Crippen molar-refractivity contribution in [1.82, 2.24) is 31.0 Å². The van der Waals surface area contributed by atoms with Gasteiger partial charge < -0.3 is 20.5 Å². The topological polar surface area (TPSA) is 139 Å². The Morgan fingerprint density at radius 1 is 0.917 bits per heavy atom. The SMILES string of the molecule is O=C(NC(CCCCNCCCc1nncnn1)C(=O)O)OCC1c2ccccc2-c2ccccc21. The highest BCUT2D eigenvalue weighted by molar-refractivity contribution is 5.81. The quantitative estimate of drug-likeness (QED) is 0.309. The summed E-state index contributed by atoms with van der Waals surface area (Å²) in [6.07, 6.45) is 3.91. The predicted octanol–water partition coefficient (Wildman–Crippen LogP) is 2.95. The van der Waals surface area contributed by atoms with E-state index in [0.29, 0.717) is 25.1 Å². The van der Waals surface area contributed by atoms with Crippen LogP contribution in [0.4, 0.5) is 4.79 Å². The van der Waals surface area contributed by atoms with Gasteiger partial charge in [0.2, 0.25) is 0 Å².